The molecule has 0 aliphatic carbocycles. The molecule has 0 radical (unpaired) electrons. The Morgan fingerprint density at radius 2 is 1.47 bits per heavy atom. The Morgan fingerprint density at radius 1 is 0.844 bits per heavy atom. The number of para-hydroxylation sites is 1. The average molecular weight is 447 g/mol. The Labute approximate surface area is 192 Å². The minimum atomic E-state index is -0.385. The molecule has 0 N–H and O–H groups in total. The van der Waals surface area contributed by atoms with Gasteiger partial charge in [-0.25, -0.2) is 4.90 Å². The largest absolute Gasteiger partial charge is 0.491 e. The van der Waals surface area contributed by atoms with Crippen molar-refractivity contribution in [2.45, 2.75) is 20.0 Å². The van der Waals surface area contributed by atoms with Crippen LogP contribution in [0.4, 0.5) is 11.4 Å². The van der Waals surface area contributed by atoms with Crippen LogP contribution in [-0.2, 0) is 9.59 Å². The van der Waals surface area contributed by atoms with E-state index in [2.05, 4.69) is 0 Å². The van der Waals surface area contributed by atoms with Crippen LogP contribution in [0.3, 0.4) is 0 Å². The maximum absolute atomic E-state index is 13.6. The number of likely N-dealkylation sites (N-methyl/N-ethyl adjacent to an activating group) is 1. The minimum absolute atomic E-state index is 0.0280. The first-order chi connectivity index (χ1) is 15.4. The van der Waals surface area contributed by atoms with Crippen molar-refractivity contribution in [3.63, 3.8) is 0 Å². The van der Waals surface area contributed by atoms with Gasteiger partial charge in [0.15, 0.2) is 0 Å². The van der Waals surface area contributed by atoms with Gasteiger partial charge in [-0.3, -0.25) is 9.59 Å². The lowest BCUT2D eigenvalue weighted by atomic mass is 10.0. The van der Waals surface area contributed by atoms with Gasteiger partial charge in [-0.15, -0.1) is 0 Å². The van der Waals surface area contributed by atoms with E-state index in [0.717, 1.165) is 5.69 Å². The highest BCUT2D eigenvalue weighted by atomic mass is 35.5. The summed E-state index contributed by atoms with van der Waals surface area (Å²) in [6.45, 7) is 3.88. The van der Waals surface area contributed by atoms with E-state index < -0.39 is 0 Å². The highest BCUT2D eigenvalue weighted by Gasteiger charge is 2.42. The van der Waals surface area contributed by atoms with Gasteiger partial charge in [0.2, 0.25) is 0 Å². The normalized spacial score (nSPS) is 13.8. The molecule has 1 heterocycles. The summed E-state index contributed by atoms with van der Waals surface area (Å²) in [6.07, 6.45) is 0.0280. The molecule has 0 saturated carbocycles. The van der Waals surface area contributed by atoms with Gasteiger partial charge in [-0.2, -0.15) is 0 Å². The number of ether oxygens (including phenoxy) is 1. The molecular formula is C26H23ClN2O3. The molecule has 1 aliphatic heterocycles. The molecule has 3 aromatic rings. The summed E-state index contributed by atoms with van der Waals surface area (Å²) in [7, 11) is 1.79. The third kappa shape index (κ3) is 4.12. The first-order valence-electron chi connectivity index (χ1n) is 10.3. The topological polar surface area (TPSA) is 49.9 Å². The van der Waals surface area contributed by atoms with Crippen molar-refractivity contribution in [1.82, 2.24) is 0 Å². The molecule has 0 bridgehead atoms. The van der Waals surface area contributed by atoms with E-state index in [1.54, 1.807) is 60.5 Å². The molecule has 0 unspecified atom stereocenters. The molecule has 3 aromatic carbocycles. The van der Waals surface area contributed by atoms with E-state index in [0.29, 0.717) is 33.3 Å². The fraction of sp³-hybridized carbons (Fsp3) is 0.154. The third-order valence-corrected chi connectivity index (χ3v) is 5.39. The van der Waals surface area contributed by atoms with Crippen LogP contribution in [-0.4, -0.2) is 25.0 Å². The predicted molar refractivity (Wildman–Crippen MR) is 128 cm³/mol. The molecule has 1 aliphatic rings. The quantitative estimate of drug-likeness (QED) is 0.466. The van der Waals surface area contributed by atoms with Crippen molar-refractivity contribution in [2.75, 3.05) is 16.8 Å². The van der Waals surface area contributed by atoms with Crippen LogP contribution in [0.25, 0.3) is 5.57 Å². The maximum atomic E-state index is 13.6. The first kappa shape index (κ1) is 21.7. The molecule has 5 nitrogen and oxygen atoms in total. The van der Waals surface area contributed by atoms with Crippen LogP contribution >= 0.6 is 11.6 Å². The van der Waals surface area contributed by atoms with Crippen LogP contribution < -0.4 is 14.5 Å². The Morgan fingerprint density at radius 3 is 2.06 bits per heavy atom. The molecule has 32 heavy (non-hydrogen) atoms. The molecule has 6 heteroatoms. The van der Waals surface area contributed by atoms with Crippen LogP contribution in [0, 0.1) is 0 Å². The van der Waals surface area contributed by atoms with Gasteiger partial charge in [-0.05, 0) is 67.9 Å². The molecular weight excluding hydrogens is 424 g/mol. The number of halogens is 1. The fourth-order valence-corrected chi connectivity index (χ4v) is 3.79. The van der Waals surface area contributed by atoms with Gasteiger partial charge < -0.3 is 9.64 Å². The zero-order valence-corrected chi connectivity index (χ0v) is 18.8. The van der Waals surface area contributed by atoms with Gasteiger partial charge in [0, 0.05) is 17.8 Å². The number of carbonyl (C=O) groups excluding carboxylic acids is 2. The van der Waals surface area contributed by atoms with Crippen molar-refractivity contribution in [2.24, 2.45) is 0 Å². The van der Waals surface area contributed by atoms with E-state index in [9.17, 15) is 9.59 Å². The van der Waals surface area contributed by atoms with Crippen LogP contribution in [0.5, 0.6) is 5.75 Å². The van der Waals surface area contributed by atoms with E-state index in [4.69, 9.17) is 16.3 Å². The Kier molecular flexibility index (Phi) is 6.01. The fourth-order valence-electron chi connectivity index (χ4n) is 3.67. The molecule has 0 aromatic heterocycles. The first-order valence-corrected chi connectivity index (χ1v) is 10.7. The number of hydrogen-bond acceptors (Lipinski definition) is 4. The standard InChI is InChI=1S/C26H23ClN2O3/c1-17(2)32-22-15-13-21(14-16-22)29-25(30)23(18-9-11-19(27)12-10-18)24(26(29)31)28(3)20-7-5-4-6-8-20/h4-17H,1-3H3. The van der Waals surface area contributed by atoms with E-state index in [-0.39, 0.29) is 17.9 Å². The summed E-state index contributed by atoms with van der Waals surface area (Å²) in [6, 6.07) is 23.4. The zero-order valence-electron chi connectivity index (χ0n) is 18.1. The average Bonchev–Trinajstić information content (AvgIpc) is 3.05. The molecule has 4 rings (SSSR count). The van der Waals surface area contributed by atoms with E-state index >= 15 is 0 Å². The van der Waals surface area contributed by atoms with E-state index in [1.165, 1.54) is 4.90 Å². The van der Waals surface area contributed by atoms with Gasteiger partial charge in [0.25, 0.3) is 11.8 Å². The number of benzene rings is 3. The summed E-state index contributed by atoms with van der Waals surface area (Å²) in [5.74, 6) is -0.0909. The van der Waals surface area contributed by atoms with E-state index in [1.807, 2.05) is 44.2 Å². The molecule has 0 saturated heterocycles. The predicted octanol–water partition coefficient (Wildman–Crippen LogP) is 5.55. The van der Waals surface area contributed by atoms with Crippen molar-refractivity contribution >= 4 is 40.4 Å². The number of amides is 2. The summed E-state index contributed by atoms with van der Waals surface area (Å²) in [5.41, 5.74) is 2.57. The van der Waals surface area contributed by atoms with Crippen molar-refractivity contribution < 1.29 is 14.3 Å². The lowest BCUT2D eigenvalue weighted by Gasteiger charge is -2.21. The third-order valence-electron chi connectivity index (χ3n) is 5.14. The minimum Gasteiger partial charge on any atom is -0.491 e. The number of rotatable bonds is 6. The van der Waals surface area contributed by atoms with Crippen LogP contribution in [0.2, 0.25) is 5.02 Å². The molecule has 0 fully saturated rings. The summed E-state index contributed by atoms with van der Waals surface area (Å²) >= 11 is 6.05. The second-order valence-electron chi connectivity index (χ2n) is 7.73. The van der Waals surface area contributed by atoms with Gasteiger partial charge in [-0.1, -0.05) is 41.9 Å². The molecule has 0 spiro atoms. The SMILES string of the molecule is CC(C)Oc1ccc(N2C(=O)C(c3ccc(Cl)cc3)=C(N(C)c3ccccc3)C2=O)cc1. The Hall–Kier alpha value is -3.57. The summed E-state index contributed by atoms with van der Waals surface area (Å²) in [5, 5.41) is 0.557. The van der Waals surface area contributed by atoms with Gasteiger partial charge >= 0.3 is 0 Å². The highest BCUT2D eigenvalue weighted by Crippen LogP contribution is 2.36. The summed E-state index contributed by atoms with van der Waals surface area (Å²) in [4.78, 5) is 30.1. The Balaban J connectivity index is 1.78. The van der Waals surface area contributed by atoms with Crippen molar-refractivity contribution in [1.29, 1.82) is 0 Å². The lowest BCUT2D eigenvalue weighted by molar-refractivity contribution is -0.120. The molecule has 162 valence electrons. The Bertz CT molecular complexity index is 1170. The molecule has 0 atom stereocenters. The van der Waals surface area contributed by atoms with Gasteiger partial charge in [0.05, 0.1) is 17.4 Å². The maximum Gasteiger partial charge on any atom is 0.282 e. The number of carbonyl (C=O) groups is 2. The number of anilines is 2. The lowest BCUT2D eigenvalue weighted by Crippen LogP contribution is -2.34. The van der Waals surface area contributed by atoms with Crippen LogP contribution in [0.15, 0.2) is 84.6 Å². The second-order valence-corrected chi connectivity index (χ2v) is 8.17. The highest BCUT2D eigenvalue weighted by molar-refractivity contribution is 6.46. The second kappa shape index (κ2) is 8.89. The number of nitrogens with zero attached hydrogens (tertiary/aromatic N) is 2. The van der Waals surface area contributed by atoms with Crippen molar-refractivity contribution in [3.8, 4) is 5.75 Å². The van der Waals surface area contributed by atoms with Crippen molar-refractivity contribution in [3.05, 3.63) is 95.1 Å². The monoisotopic (exact) mass is 446 g/mol. The number of hydrogen-bond donors (Lipinski definition) is 0. The van der Waals surface area contributed by atoms with Crippen LogP contribution in [0.1, 0.15) is 19.4 Å². The zero-order chi connectivity index (χ0) is 22.8. The number of imide groups is 1. The van der Waals surface area contributed by atoms with Gasteiger partial charge in [0.1, 0.15) is 11.4 Å². The molecule has 2 amide bonds. The summed E-state index contributed by atoms with van der Waals surface area (Å²) < 4.78 is 5.68. The smallest absolute Gasteiger partial charge is 0.282 e.